The number of carboxylic acids is 1. The maximum atomic E-state index is 10.2. The molecular formula is C9H17NO3. The van der Waals surface area contributed by atoms with E-state index < -0.39 is 12.1 Å². The van der Waals surface area contributed by atoms with Crippen LogP contribution in [-0.4, -0.2) is 35.4 Å². The molecule has 1 aliphatic carbocycles. The second kappa shape index (κ2) is 5.19. The highest BCUT2D eigenvalue weighted by molar-refractivity contribution is 5.67. The lowest BCUT2D eigenvalue weighted by Crippen LogP contribution is -2.34. The highest BCUT2D eigenvalue weighted by Gasteiger charge is 2.17. The molecule has 0 heterocycles. The average Bonchev–Trinajstić information content (AvgIpc) is 1.92. The van der Waals surface area contributed by atoms with Gasteiger partial charge in [0, 0.05) is 6.54 Å². The first-order valence-electron chi connectivity index (χ1n) is 4.79. The van der Waals surface area contributed by atoms with E-state index in [1.54, 1.807) is 0 Å². The van der Waals surface area contributed by atoms with Crippen LogP contribution in [0.3, 0.4) is 0 Å². The van der Waals surface area contributed by atoms with Gasteiger partial charge in [0.15, 0.2) is 0 Å². The van der Waals surface area contributed by atoms with Crippen LogP contribution in [0.5, 0.6) is 0 Å². The molecule has 4 heteroatoms. The molecule has 1 atom stereocenters. The number of aliphatic carboxylic acids is 1. The molecule has 3 N–H and O–H groups in total. The van der Waals surface area contributed by atoms with Crippen LogP contribution in [0.2, 0.25) is 0 Å². The second-order valence-corrected chi connectivity index (χ2v) is 3.71. The number of nitrogens with one attached hydrogen (secondary N) is 1. The van der Waals surface area contributed by atoms with Gasteiger partial charge in [0.2, 0.25) is 0 Å². The van der Waals surface area contributed by atoms with Crippen molar-refractivity contribution in [1.29, 1.82) is 0 Å². The zero-order valence-corrected chi connectivity index (χ0v) is 7.70. The van der Waals surface area contributed by atoms with Crippen LogP contribution < -0.4 is 5.32 Å². The first kappa shape index (κ1) is 10.5. The van der Waals surface area contributed by atoms with Gasteiger partial charge in [-0.2, -0.15) is 0 Å². The van der Waals surface area contributed by atoms with Crippen LogP contribution in [0.1, 0.15) is 25.7 Å². The number of aliphatic hydroxyl groups excluding tert-OH is 1. The SMILES string of the molecule is O=C(O)CC(O)CNCC1CCC1. The molecule has 1 aliphatic rings. The van der Waals surface area contributed by atoms with E-state index in [0.29, 0.717) is 6.54 Å². The Kier molecular flexibility index (Phi) is 4.18. The predicted octanol–water partition coefficient (Wildman–Crippen LogP) is 0.212. The molecule has 1 unspecified atom stereocenters. The van der Waals surface area contributed by atoms with Gasteiger partial charge in [0.05, 0.1) is 12.5 Å². The summed E-state index contributed by atoms with van der Waals surface area (Å²) in [6, 6.07) is 0. The minimum atomic E-state index is -0.946. The Morgan fingerprint density at radius 2 is 2.23 bits per heavy atom. The zero-order valence-electron chi connectivity index (χ0n) is 7.70. The Labute approximate surface area is 78.0 Å². The lowest BCUT2D eigenvalue weighted by molar-refractivity contribution is -0.139. The van der Waals surface area contributed by atoms with Crippen LogP contribution in [0.4, 0.5) is 0 Å². The fraction of sp³-hybridized carbons (Fsp3) is 0.889. The summed E-state index contributed by atoms with van der Waals surface area (Å²) in [4.78, 5) is 10.2. The molecule has 0 aromatic rings. The molecule has 76 valence electrons. The van der Waals surface area contributed by atoms with Gasteiger partial charge in [0.1, 0.15) is 0 Å². The number of aliphatic hydroxyl groups is 1. The molecule has 13 heavy (non-hydrogen) atoms. The van der Waals surface area contributed by atoms with E-state index in [1.807, 2.05) is 0 Å². The van der Waals surface area contributed by atoms with E-state index in [0.717, 1.165) is 12.5 Å². The Morgan fingerprint density at radius 1 is 1.54 bits per heavy atom. The standard InChI is InChI=1S/C9H17NO3/c11-8(4-9(12)13)6-10-5-7-2-1-3-7/h7-8,10-11H,1-6H2,(H,12,13). The molecule has 0 amide bonds. The van der Waals surface area contributed by atoms with E-state index >= 15 is 0 Å². The summed E-state index contributed by atoms with van der Waals surface area (Å²) in [5.74, 6) is -0.199. The van der Waals surface area contributed by atoms with E-state index in [1.165, 1.54) is 19.3 Å². The molecule has 0 aromatic heterocycles. The summed E-state index contributed by atoms with van der Waals surface area (Å²) >= 11 is 0. The normalized spacial score (nSPS) is 19.5. The van der Waals surface area contributed by atoms with Gasteiger partial charge in [-0.1, -0.05) is 6.42 Å². The van der Waals surface area contributed by atoms with Crippen molar-refractivity contribution in [2.24, 2.45) is 5.92 Å². The Balaban J connectivity index is 1.94. The van der Waals surface area contributed by atoms with E-state index in [2.05, 4.69) is 5.32 Å². The fourth-order valence-electron chi connectivity index (χ4n) is 1.42. The van der Waals surface area contributed by atoms with Gasteiger partial charge in [-0.25, -0.2) is 0 Å². The van der Waals surface area contributed by atoms with E-state index in [9.17, 15) is 9.90 Å². The first-order chi connectivity index (χ1) is 6.18. The summed E-state index contributed by atoms with van der Waals surface area (Å²) in [5.41, 5.74) is 0. The van der Waals surface area contributed by atoms with Crippen LogP contribution in [0.25, 0.3) is 0 Å². The Hall–Kier alpha value is -0.610. The molecule has 0 spiro atoms. The van der Waals surface area contributed by atoms with Crippen molar-refractivity contribution in [3.8, 4) is 0 Å². The highest BCUT2D eigenvalue weighted by Crippen LogP contribution is 2.24. The number of rotatable bonds is 6. The average molecular weight is 187 g/mol. The van der Waals surface area contributed by atoms with Crippen molar-refractivity contribution in [1.82, 2.24) is 5.32 Å². The fourth-order valence-corrected chi connectivity index (χ4v) is 1.42. The summed E-state index contributed by atoms with van der Waals surface area (Å²) in [5, 5.41) is 20.6. The molecule has 0 radical (unpaired) electrons. The van der Waals surface area contributed by atoms with Gasteiger partial charge in [-0.15, -0.1) is 0 Å². The molecule has 0 bridgehead atoms. The predicted molar refractivity (Wildman–Crippen MR) is 48.5 cm³/mol. The second-order valence-electron chi connectivity index (χ2n) is 3.71. The van der Waals surface area contributed by atoms with E-state index in [-0.39, 0.29) is 6.42 Å². The lowest BCUT2D eigenvalue weighted by atomic mass is 9.85. The monoisotopic (exact) mass is 187 g/mol. The molecule has 1 saturated carbocycles. The summed E-state index contributed by atoms with van der Waals surface area (Å²) < 4.78 is 0. The van der Waals surface area contributed by atoms with Crippen LogP contribution >= 0.6 is 0 Å². The smallest absolute Gasteiger partial charge is 0.306 e. The number of hydrogen-bond donors (Lipinski definition) is 3. The van der Waals surface area contributed by atoms with Crippen LogP contribution in [0.15, 0.2) is 0 Å². The van der Waals surface area contributed by atoms with Gasteiger partial charge < -0.3 is 15.5 Å². The molecule has 0 aromatic carbocycles. The quantitative estimate of drug-likeness (QED) is 0.556. The van der Waals surface area contributed by atoms with Gasteiger partial charge >= 0.3 is 5.97 Å². The zero-order chi connectivity index (χ0) is 9.68. The molecule has 0 saturated heterocycles. The topological polar surface area (TPSA) is 69.6 Å². The number of carboxylic acid groups (broad SMARTS) is 1. The van der Waals surface area contributed by atoms with Gasteiger partial charge in [-0.3, -0.25) is 4.79 Å². The van der Waals surface area contributed by atoms with E-state index in [4.69, 9.17) is 5.11 Å². The molecule has 4 nitrogen and oxygen atoms in total. The third-order valence-corrected chi connectivity index (χ3v) is 2.45. The van der Waals surface area contributed by atoms with Crippen molar-refractivity contribution >= 4 is 5.97 Å². The largest absolute Gasteiger partial charge is 0.481 e. The Morgan fingerprint density at radius 3 is 2.69 bits per heavy atom. The maximum absolute atomic E-state index is 10.2. The van der Waals surface area contributed by atoms with Crippen molar-refractivity contribution in [3.05, 3.63) is 0 Å². The van der Waals surface area contributed by atoms with Crippen molar-refractivity contribution in [2.75, 3.05) is 13.1 Å². The maximum Gasteiger partial charge on any atom is 0.306 e. The molecule has 1 rings (SSSR count). The third-order valence-electron chi connectivity index (χ3n) is 2.45. The van der Waals surface area contributed by atoms with Gasteiger partial charge in [-0.05, 0) is 25.3 Å². The van der Waals surface area contributed by atoms with Crippen LogP contribution in [-0.2, 0) is 4.79 Å². The number of carbonyl (C=O) groups is 1. The first-order valence-corrected chi connectivity index (χ1v) is 4.79. The lowest BCUT2D eigenvalue weighted by Gasteiger charge is -2.25. The van der Waals surface area contributed by atoms with Gasteiger partial charge in [0.25, 0.3) is 0 Å². The Bertz CT molecular complexity index is 168. The molecule has 0 aliphatic heterocycles. The summed E-state index contributed by atoms with van der Waals surface area (Å²) in [6.45, 7) is 1.31. The minimum Gasteiger partial charge on any atom is -0.481 e. The van der Waals surface area contributed by atoms with Crippen molar-refractivity contribution in [3.63, 3.8) is 0 Å². The third kappa shape index (κ3) is 4.24. The molecular weight excluding hydrogens is 170 g/mol. The summed E-state index contributed by atoms with van der Waals surface area (Å²) in [6.07, 6.45) is 2.92. The van der Waals surface area contributed by atoms with Crippen molar-refractivity contribution in [2.45, 2.75) is 31.8 Å². The molecule has 1 fully saturated rings. The van der Waals surface area contributed by atoms with Crippen molar-refractivity contribution < 1.29 is 15.0 Å². The van der Waals surface area contributed by atoms with Crippen LogP contribution in [0, 0.1) is 5.92 Å². The highest BCUT2D eigenvalue weighted by atomic mass is 16.4. The number of hydrogen-bond acceptors (Lipinski definition) is 3. The minimum absolute atomic E-state index is 0.169. The summed E-state index contributed by atoms with van der Waals surface area (Å²) in [7, 11) is 0.